The first-order valence-electron chi connectivity index (χ1n) is 11.5. The molecule has 0 bridgehead atoms. The maximum absolute atomic E-state index is 4.66. The number of aryl methyl sites for hydroxylation is 1. The highest BCUT2D eigenvalue weighted by molar-refractivity contribution is 5.79. The molecule has 2 heterocycles. The summed E-state index contributed by atoms with van der Waals surface area (Å²) in [5.74, 6) is 2.51. The molecule has 3 rings (SSSR count). The van der Waals surface area contributed by atoms with Crippen molar-refractivity contribution in [1.29, 1.82) is 0 Å². The van der Waals surface area contributed by atoms with E-state index in [1.54, 1.807) is 0 Å². The molecule has 0 aliphatic carbocycles. The van der Waals surface area contributed by atoms with Crippen molar-refractivity contribution in [3.05, 3.63) is 59.3 Å². The van der Waals surface area contributed by atoms with Gasteiger partial charge < -0.3 is 20.4 Å². The van der Waals surface area contributed by atoms with Crippen molar-refractivity contribution >= 4 is 11.8 Å². The summed E-state index contributed by atoms with van der Waals surface area (Å²) in [4.78, 5) is 13.8. The average Bonchev–Trinajstić information content (AvgIpc) is 2.80. The first-order valence-corrected chi connectivity index (χ1v) is 11.5. The van der Waals surface area contributed by atoms with Gasteiger partial charge in [-0.2, -0.15) is 0 Å². The third kappa shape index (κ3) is 6.96. The van der Waals surface area contributed by atoms with E-state index in [1.807, 2.05) is 19.3 Å². The fraction of sp³-hybridized carbons (Fsp3) is 0.520. The van der Waals surface area contributed by atoms with E-state index in [9.17, 15) is 0 Å². The molecule has 0 atom stereocenters. The lowest BCUT2D eigenvalue weighted by Crippen LogP contribution is -2.45. The Morgan fingerprint density at radius 3 is 2.48 bits per heavy atom. The van der Waals surface area contributed by atoms with Crippen LogP contribution in [0, 0.1) is 0 Å². The number of aliphatic imine (C=N–C) groups is 1. The molecule has 1 aliphatic heterocycles. The van der Waals surface area contributed by atoms with Gasteiger partial charge in [0.25, 0.3) is 0 Å². The molecule has 1 aromatic carbocycles. The number of anilines is 1. The van der Waals surface area contributed by atoms with Gasteiger partial charge >= 0.3 is 0 Å². The Hall–Kier alpha value is -2.60. The van der Waals surface area contributed by atoms with E-state index in [2.05, 4.69) is 81.6 Å². The maximum Gasteiger partial charge on any atom is 0.191 e. The number of nitrogens with zero attached hydrogens (tertiary/aromatic N) is 4. The van der Waals surface area contributed by atoms with Crippen molar-refractivity contribution in [2.24, 2.45) is 4.99 Å². The van der Waals surface area contributed by atoms with Gasteiger partial charge in [0, 0.05) is 58.1 Å². The molecule has 6 heteroatoms. The van der Waals surface area contributed by atoms with Gasteiger partial charge in [-0.1, -0.05) is 44.2 Å². The fourth-order valence-electron chi connectivity index (χ4n) is 3.84. The SMILES string of the molecule is CN=C(NCCCc1ccc(C(C)C)cc1)NCc1cccnc1N1CCN(C)CC1. The smallest absolute Gasteiger partial charge is 0.191 e. The number of hydrogen-bond acceptors (Lipinski definition) is 4. The van der Waals surface area contributed by atoms with Gasteiger partial charge in [-0.3, -0.25) is 4.99 Å². The van der Waals surface area contributed by atoms with Crippen LogP contribution < -0.4 is 15.5 Å². The molecular formula is C25H38N6. The number of likely N-dealkylation sites (N-methyl/N-ethyl adjacent to an activating group) is 1. The highest BCUT2D eigenvalue weighted by atomic mass is 15.3. The molecule has 2 N–H and O–H groups in total. The van der Waals surface area contributed by atoms with Crippen LogP contribution in [0.5, 0.6) is 0 Å². The maximum atomic E-state index is 4.66. The summed E-state index contributed by atoms with van der Waals surface area (Å²) in [5.41, 5.74) is 4.00. The molecular weight excluding hydrogens is 384 g/mol. The average molecular weight is 423 g/mol. The van der Waals surface area contributed by atoms with Crippen LogP contribution in [0.25, 0.3) is 0 Å². The minimum absolute atomic E-state index is 0.585. The Bertz CT molecular complexity index is 822. The van der Waals surface area contributed by atoms with Gasteiger partial charge in [0.15, 0.2) is 5.96 Å². The van der Waals surface area contributed by atoms with Crippen LogP contribution in [-0.2, 0) is 13.0 Å². The van der Waals surface area contributed by atoms with Crippen molar-refractivity contribution in [1.82, 2.24) is 20.5 Å². The fourth-order valence-corrected chi connectivity index (χ4v) is 3.84. The van der Waals surface area contributed by atoms with Crippen LogP contribution in [0.15, 0.2) is 47.6 Å². The molecule has 0 spiro atoms. The number of aromatic nitrogens is 1. The molecule has 0 unspecified atom stereocenters. The monoisotopic (exact) mass is 422 g/mol. The molecule has 1 saturated heterocycles. The zero-order chi connectivity index (χ0) is 22.1. The molecule has 168 valence electrons. The van der Waals surface area contributed by atoms with E-state index in [0.29, 0.717) is 12.5 Å². The number of rotatable bonds is 8. The molecule has 0 saturated carbocycles. The second kappa shape index (κ2) is 11.7. The molecule has 1 aliphatic rings. The quantitative estimate of drug-likeness (QED) is 0.389. The van der Waals surface area contributed by atoms with Crippen molar-refractivity contribution in [2.45, 2.75) is 39.2 Å². The predicted octanol–water partition coefficient (Wildman–Crippen LogP) is 3.25. The molecule has 1 fully saturated rings. The van der Waals surface area contributed by atoms with Crippen LogP contribution >= 0.6 is 0 Å². The Morgan fingerprint density at radius 1 is 1.06 bits per heavy atom. The highest BCUT2D eigenvalue weighted by Gasteiger charge is 2.17. The van der Waals surface area contributed by atoms with Crippen LogP contribution in [0.1, 0.15) is 42.9 Å². The standard InChI is InChI=1S/C25H38N6/c1-20(2)22-11-9-21(10-12-22)7-5-14-28-25(26-3)29-19-23-8-6-13-27-24(23)31-17-15-30(4)16-18-31/h6,8-13,20H,5,7,14-19H2,1-4H3,(H2,26,28,29). The number of benzene rings is 1. The van der Waals surface area contributed by atoms with E-state index in [0.717, 1.165) is 57.3 Å². The second-order valence-corrected chi connectivity index (χ2v) is 8.63. The first-order chi connectivity index (χ1) is 15.1. The summed E-state index contributed by atoms with van der Waals surface area (Å²) in [7, 11) is 4.00. The number of hydrogen-bond donors (Lipinski definition) is 2. The van der Waals surface area contributed by atoms with Gasteiger partial charge in [-0.05, 0) is 43.0 Å². The Kier molecular flexibility index (Phi) is 8.71. The van der Waals surface area contributed by atoms with Crippen LogP contribution in [0.2, 0.25) is 0 Å². The summed E-state index contributed by atoms with van der Waals surface area (Å²) < 4.78 is 0. The normalized spacial score (nSPS) is 15.4. The van der Waals surface area contributed by atoms with Crippen molar-refractivity contribution in [3.63, 3.8) is 0 Å². The lowest BCUT2D eigenvalue weighted by Gasteiger charge is -2.34. The van der Waals surface area contributed by atoms with E-state index < -0.39 is 0 Å². The van der Waals surface area contributed by atoms with Crippen molar-refractivity contribution in [2.75, 3.05) is 51.7 Å². The predicted molar refractivity (Wildman–Crippen MR) is 131 cm³/mol. The highest BCUT2D eigenvalue weighted by Crippen LogP contribution is 2.18. The Labute approximate surface area is 187 Å². The second-order valence-electron chi connectivity index (χ2n) is 8.63. The topological polar surface area (TPSA) is 55.8 Å². The summed E-state index contributed by atoms with van der Waals surface area (Å²) >= 11 is 0. The minimum atomic E-state index is 0.585. The summed E-state index contributed by atoms with van der Waals surface area (Å²) in [6.45, 7) is 10.3. The van der Waals surface area contributed by atoms with Gasteiger partial charge in [0.1, 0.15) is 5.82 Å². The van der Waals surface area contributed by atoms with Crippen molar-refractivity contribution < 1.29 is 0 Å². The number of guanidine groups is 1. The summed E-state index contributed by atoms with van der Waals surface area (Å²) in [5, 5.41) is 6.90. The number of pyridine rings is 1. The summed E-state index contributed by atoms with van der Waals surface area (Å²) in [6, 6.07) is 13.2. The van der Waals surface area contributed by atoms with E-state index in [-0.39, 0.29) is 0 Å². The Morgan fingerprint density at radius 2 is 1.81 bits per heavy atom. The third-order valence-electron chi connectivity index (χ3n) is 5.92. The van der Waals surface area contributed by atoms with E-state index >= 15 is 0 Å². The molecule has 6 nitrogen and oxygen atoms in total. The lowest BCUT2D eigenvalue weighted by molar-refractivity contribution is 0.312. The molecule has 2 aromatic rings. The zero-order valence-corrected chi connectivity index (χ0v) is 19.6. The van der Waals surface area contributed by atoms with Gasteiger partial charge in [0.05, 0.1) is 0 Å². The third-order valence-corrected chi connectivity index (χ3v) is 5.92. The van der Waals surface area contributed by atoms with Gasteiger partial charge in [0.2, 0.25) is 0 Å². The zero-order valence-electron chi connectivity index (χ0n) is 19.6. The lowest BCUT2D eigenvalue weighted by atomic mass is 10.0. The van der Waals surface area contributed by atoms with Crippen LogP contribution in [0.3, 0.4) is 0 Å². The largest absolute Gasteiger partial charge is 0.356 e. The Balaban J connectivity index is 1.44. The molecule has 1 aromatic heterocycles. The summed E-state index contributed by atoms with van der Waals surface area (Å²) in [6.07, 6.45) is 4.03. The van der Waals surface area contributed by atoms with E-state index in [4.69, 9.17) is 0 Å². The molecule has 31 heavy (non-hydrogen) atoms. The van der Waals surface area contributed by atoms with Crippen LogP contribution in [-0.4, -0.2) is 62.7 Å². The van der Waals surface area contributed by atoms with Crippen molar-refractivity contribution in [3.8, 4) is 0 Å². The molecule has 0 radical (unpaired) electrons. The number of nitrogens with one attached hydrogen (secondary N) is 2. The van der Waals surface area contributed by atoms with E-state index in [1.165, 1.54) is 16.7 Å². The van der Waals surface area contributed by atoms with Gasteiger partial charge in [-0.25, -0.2) is 4.98 Å². The van der Waals surface area contributed by atoms with Crippen LogP contribution in [0.4, 0.5) is 5.82 Å². The van der Waals surface area contributed by atoms with Gasteiger partial charge in [-0.15, -0.1) is 0 Å². The molecule has 0 amide bonds. The first kappa shape index (κ1) is 23.1. The number of piperazine rings is 1. The minimum Gasteiger partial charge on any atom is -0.356 e.